The van der Waals surface area contributed by atoms with Crippen LogP contribution in [0.1, 0.15) is 24.0 Å². The lowest BCUT2D eigenvalue weighted by Crippen LogP contribution is -2.38. The van der Waals surface area contributed by atoms with Gasteiger partial charge in [-0.25, -0.2) is 4.79 Å². The van der Waals surface area contributed by atoms with Crippen LogP contribution in [0.2, 0.25) is 0 Å². The number of aryl methyl sites for hydroxylation is 2. The molecule has 0 spiro atoms. The molecule has 0 aromatic heterocycles. The zero-order chi connectivity index (χ0) is 15.2. The lowest BCUT2D eigenvalue weighted by atomic mass is 10.1. The number of nitrogens with zero attached hydrogens (tertiary/aromatic N) is 1. The van der Waals surface area contributed by atoms with Gasteiger partial charge >= 0.3 is 6.03 Å². The van der Waals surface area contributed by atoms with E-state index in [0.29, 0.717) is 6.54 Å². The van der Waals surface area contributed by atoms with Gasteiger partial charge in [0.25, 0.3) is 0 Å². The highest BCUT2D eigenvalue weighted by molar-refractivity contribution is 5.89. The van der Waals surface area contributed by atoms with Crippen molar-refractivity contribution < 1.29 is 9.53 Å². The first-order valence-electron chi connectivity index (χ1n) is 8.28. The van der Waals surface area contributed by atoms with Gasteiger partial charge in [0.2, 0.25) is 0 Å². The molecule has 0 radical (unpaired) electrons. The monoisotopic (exact) mass is 303 g/mol. The number of morpholine rings is 1. The molecule has 2 aliphatic rings. The van der Waals surface area contributed by atoms with Gasteiger partial charge < -0.3 is 15.4 Å². The van der Waals surface area contributed by atoms with Crippen LogP contribution in [0.25, 0.3) is 0 Å². The molecule has 0 unspecified atom stereocenters. The van der Waals surface area contributed by atoms with E-state index in [-0.39, 0.29) is 6.03 Å². The van der Waals surface area contributed by atoms with E-state index < -0.39 is 0 Å². The van der Waals surface area contributed by atoms with Gasteiger partial charge in [-0.15, -0.1) is 0 Å². The Kier molecular flexibility index (Phi) is 5.29. The van der Waals surface area contributed by atoms with E-state index in [0.717, 1.165) is 51.4 Å². The van der Waals surface area contributed by atoms with E-state index in [4.69, 9.17) is 4.74 Å². The highest BCUT2D eigenvalue weighted by Gasteiger charge is 2.12. The average molecular weight is 303 g/mol. The highest BCUT2D eigenvalue weighted by Crippen LogP contribution is 2.24. The maximum absolute atomic E-state index is 11.9. The number of ether oxygens (including phenoxy) is 1. The number of urea groups is 1. The van der Waals surface area contributed by atoms with Crippen molar-refractivity contribution in [3.63, 3.8) is 0 Å². The number of carbonyl (C=O) groups excluding carboxylic acids is 1. The van der Waals surface area contributed by atoms with Crippen LogP contribution in [0.15, 0.2) is 18.2 Å². The highest BCUT2D eigenvalue weighted by atomic mass is 16.5. The number of carbonyl (C=O) groups is 1. The van der Waals surface area contributed by atoms with E-state index in [2.05, 4.69) is 27.7 Å². The third-order valence-electron chi connectivity index (χ3n) is 4.40. The lowest BCUT2D eigenvalue weighted by molar-refractivity contribution is 0.0375. The van der Waals surface area contributed by atoms with Gasteiger partial charge in [-0.05, 0) is 55.5 Å². The second-order valence-corrected chi connectivity index (χ2v) is 6.03. The van der Waals surface area contributed by atoms with Gasteiger partial charge in [0.15, 0.2) is 0 Å². The Morgan fingerprint density at radius 2 is 2.00 bits per heavy atom. The number of fused-ring (bicyclic) bond motifs is 1. The standard InChI is InChI=1S/C17H25N3O2/c21-17(18-7-2-8-20-9-11-22-12-10-20)19-16-6-5-14-3-1-4-15(14)13-16/h5-6,13H,1-4,7-12H2,(H2,18,19,21). The molecule has 1 aliphatic carbocycles. The average Bonchev–Trinajstić information content (AvgIpc) is 3.00. The van der Waals surface area contributed by atoms with Crippen LogP contribution in [0.5, 0.6) is 0 Å². The minimum absolute atomic E-state index is 0.111. The lowest BCUT2D eigenvalue weighted by Gasteiger charge is -2.26. The number of hydrogen-bond acceptors (Lipinski definition) is 3. The van der Waals surface area contributed by atoms with Crippen LogP contribution in [-0.4, -0.2) is 50.3 Å². The van der Waals surface area contributed by atoms with Gasteiger partial charge in [0.05, 0.1) is 13.2 Å². The second kappa shape index (κ2) is 7.61. The molecule has 1 aromatic carbocycles. The normalized spacial score (nSPS) is 18.0. The molecule has 120 valence electrons. The van der Waals surface area contributed by atoms with E-state index in [1.807, 2.05) is 6.07 Å². The fourth-order valence-electron chi connectivity index (χ4n) is 3.15. The summed E-state index contributed by atoms with van der Waals surface area (Å²) in [6, 6.07) is 6.13. The molecule has 5 heteroatoms. The van der Waals surface area contributed by atoms with Crippen LogP contribution in [0.3, 0.4) is 0 Å². The molecule has 1 fully saturated rings. The number of nitrogens with one attached hydrogen (secondary N) is 2. The van der Waals surface area contributed by atoms with Gasteiger partial charge in [0.1, 0.15) is 0 Å². The van der Waals surface area contributed by atoms with Crippen LogP contribution < -0.4 is 10.6 Å². The van der Waals surface area contributed by atoms with Crippen molar-refractivity contribution in [3.8, 4) is 0 Å². The maximum Gasteiger partial charge on any atom is 0.319 e. The molecular formula is C17H25N3O2. The van der Waals surface area contributed by atoms with E-state index in [1.165, 1.54) is 24.0 Å². The van der Waals surface area contributed by atoms with Crippen molar-refractivity contribution in [1.82, 2.24) is 10.2 Å². The van der Waals surface area contributed by atoms with Crippen LogP contribution in [0, 0.1) is 0 Å². The summed E-state index contributed by atoms with van der Waals surface area (Å²) in [6.45, 7) is 5.37. The quantitative estimate of drug-likeness (QED) is 0.818. The smallest absolute Gasteiger partial charge is 0.319 e. The zero-order valence-corrected chi connectivity index (χ0v) is 13.1. The Morgan fingerprint density at radius 3 is 2.86 bits per heavy atom. The van der Waals surface area contributed by atoms with Gasteiger partial charge in [-0.1, -0.05) is 6.07 Å². The molecule has 0 atom stereocenters. The Bertz CT molecular complexity index is 513. The SMILES string of the molecule is O=C(NCCCN1CCOCC1)Nc1ccc2c(c1)CCC2. The summed E-state index contributed by atoms with van der Waals surface area (Å²) in [5, 5.41) is 5.86. The third kappa shape index (κ3) is 4.21. The Morgan fingerprint density at radius 1 is 1.18 bits per heavy atom. The summed E-state index contributed by atoms with van der Waals surface area (Å²) in [4.78, 5) is 14.3. The van der Waals surface area contributed by atoms with Crippen LogP contribution >= 0.6 is 0 Å². The summed E-state index contributed by atoms with van der Waals surface area (Å²) >= 11 is 0. The summed E-state index contributed by atoms with van der Waals surface area (Å²) in [6.07, 6.45) is 4.50. The van der Waals surface area contributed by atoms with Crippen molar-refractivity contribution in [2.24, 2.45) is 0 Å². The van der Waals surface area contributed by atoms with E-state index >= 15 is 0 Å². The minimum atomic E-state index is -0.111. The molecule has 0 bridgehead atoms. The molecule has 1 aliphatic heterocycles. The van der Waals surface area contributed by atoms with Crippen molar-refractivity contribution in [2.45, 2.75) is 25.7 Å². The summed E-state index contributed by atoms with van der Waals surface area (Å²) in [5.74, 6) is 0. The van der Waals surface area contributed by atoms with E-state index in [9.17, 15) is 4.79 Å². The molecule has 3 rings (SSSR count). The molecule has 22 heavy (non-hydrogen) atoms. The number of benzene rings is 1. The Labute approximate surface area is 132 Å². The van der Waals surface area contributed by atoms with Gasteiger partial charge in [-0.3, -0.25) is 4.90 Å². The minimum Gasteiger partial charge on any atom is -0.379 e. The third-order valence-corrected chi connectivity index (χ3v) is 4.40. The number of hydrogen-bond donors (Lipinski definition) is 2. The second-order valence-electron chi connectivity index (χ2n) is 6.03. The number of anilines is 1. The molecule has 0 saturated carbocycles. The predicted molar refractivity (Wildman–Crippen MR) is 87.4 cm³/mol. The molecule has 2 amide bonds. The Hall–Kier alpha value is -1.59. The fourth-order valence-corrected chi connectivity index (χ4v) is 3.15. The maximum atomic E-state index is 11.9. The van der Waals surface area contributed by atoms with Crippen molar-refractivity contribution in [1.29, 1.82) is 0 Å². The Balaban J connectivity index is 1.35. The summed E-state index contributed by atoms with van der Waals surface area (Å²) in [7, 11) is 0. The predicted octanol–water partition coefficient (Wildman–Crippen LogP) is 2.02. The van der Waals surface area contributed by atoms with E-state index in [1.54, 1.807) is 0 Å². The van der Waals surface area contributed by atoms with Crippen LogP contribution in [0.4, 0.5) is 10.5 Å². The van der Waals surface area contributed by atoms with Gasteiger partial charge in [0, 0.05) is 25.3 Å². The molecule has 2 N–H and O–H groups in total. The first kappa shape index (κ1) is 15.3. The summed E-state index contributed by atoms with van der Waals surface area (Å²) in [5.41, 5.74) is 3.70. The fraction of sp³-hybridized carbons (Fsp3) is 0.588. The zero-order valence-electron chi connectivity index (χ0n) is 13.1. The topological polar surface area (TPSA) is 53.6 Å². The van der Waals surface area contributed by atoms with Crippen molar-refractivity contribution in [3.05, 3.63) is 29.3 Å². The molecule has 1 heterocycles. The number of amides is 2. The summed E-state index contributed by atoms with van der Waals surface area (Å²) < 4.78 is 5.32. The number of rotatable bonds is 5. The first-order chi connectivity index (χ1) is 10.8. The molecule has 5 nitrogen and oxygen atoms in total. The van der Waals surface area contributed by atoms with Crippen molar-refractivity contribution in [2.75, 3.05) is 44.7 Å². The largest absolute Gasteiger partial charge is 0.379 e. The van der Waals surface area contributed by atoms with Gasteiger partial charge in [-0.2, -0.15) is 0 Å². The van der Waals surface area contributed by atoms with Crippen LogP contribution in [-0.2, 0) is 17.6 Å². The molecule has 1 saturated heterocycles. The van der Waals surface area contributed by atoms with Crippen molar-refractivity contribution >= 4 is 11.7 Å². The molecule has 1 aromatic rings. The first-order valence-corrected chi connectivity index (χ1v) is 8.28. The molecular weight excluding hydrogens is 278 g/mol.